The van der Waals surface area contributed by atoms with Crippen LogP contribution in [0.4, 0.5) is 0 Å². The van der Waals surface area contributed by atoms with Crippen molar-refractivity contribution in [3.05, 3.63) is 0 Å². The van der Waals surface area contributed by atoms with Gasteiger partial charge in [-0.05, 0) is 31.1 Å². The first kappa shape index (κ1) is 10.0. The molecule has 0 aromatic rings. The Kier molecular flexibility index (Phi) is 2.82. The molecule has 0 aliphatic heterocycles. The number of rotatable bonds is 3. The van der Waals surface area contributed by atoms with Gasteiger partial charge in [-0.15, -0.1) is 0 Å². The van der Waals surface area contributed by atoms with Crippen LogP contribution in [0.1, 0.15) is 59.3 Å². The van der Waals surface area contributed by atoms with Crippen molar-refractivity contribution >= 4 is 0 Å². The molecule has 1 rings (SSSR count). The highest BCUT2D eigenvalue weighted by molar-refractivity contribution is 4.93. The molecule has 1 N–H and O–H groups in total. The molecule has 1 aliphatic carbocycles. The molecular weight excluding hydrogens is 148 g/mol. The number of hydrogen-bond donors (Lipinski definition) is 1. The molecule has 0 heterocycles. The maximum absolute atomic E-state index is 10.2. The summed E-state index contributed by atoms with van der Waals surface area (Å²) >= 11 is 0. The highest BCUT2D eigenvalue weighted by Gasteiger charge is 2.40. The van der Waals surface area contributed by atoms with Crippen LogP contribution in [0, 0.1) is 5.41 Å². The molecule has 0 amide bonds. The summed E-state index contributed by atoms with van der Waals surface area (Å²) in [4.78, 5) is 0. The molecule has 72 valence electrons. The zero-order valence-electron chi connectivity index (χ0n) is 8.69. The highest BCUT2D eigenvalue weighted by Crippen LogP contribution is 2.45. The first-order chi connectivity index (χ1) is 5.47. The van der Waals surface area contributed by atoms with Gasteiger partial charge in [0.25, 0.3) is 0 Å². The zero-order valence-corrected chi connectivity index (χ0v) is 8.69. The van der Waals surface area contributed by atoms with Crippen LogP contribution in [0.5, 0.6) is 0 Å². The van der Waals surface area contributed by atoms with Gasteiger partial charge in [0.1, 0.15) is 0 Å². The van der Waals surface area contributed by atoms with Crippen molar-refractivity contribution in [2.24, 2.45) is 5.41 Å². The lowest BCUT2D eigenvalue weighted by Crippen LogP contribution is -2.25. The monoisotopic (exact) mass is 170 g/mol. The van der Waals surface area contributed by atoms with Gasteiger partial charge in [0, 0.05) is 0 Å². The smallest absolute Gasteiger partial charge is 0.0653 e. The van der Waals surface area contributed by atoms with E-state index < -0.39 is 0 Å². The molecule has 0 radical (unpaired) electrons. The van der Waals surface area contributed by atoms with E-state index in [2.05, 4.69) is 20.8 Å². The fourth-order valence-electron chi connectivity index (χ4n) is 2.36. The Morgan fingerprint density at radius 2 is 1.92 bits per heavy atom. The molecular formula is C11H22O. The fourth-order valence-corrected chi connectivity index (χ4v) is 2.36. The highest BCUT2D eigenvalue weighted by atomic mass is 16.3. The van der Waals surface area contributed by atoms with E-state index in [1.165, 1.54) is 19.3 Å². The number of hydrogen-bond acceptors (Lipinski definition) is 1. The molecule has 0 saturated heterocycles. The molecule has 1 heteroatoms. The molecule has 0 spiro atoms. The normalized spacial score (nSPS) is 34.0. The summed E-state index contributed by atoms with van der Waals surface area (Å²) in [6.07, 6.45) is 6.58. The molecule has 1 fully saturated rings. The SMILES string of the molecule is CCCCC1(O)CCC(C)(C)C1. The lowest BCUT2D eigenvalue weighted by atomic mass is 9.87. The standard InChI is InChI=1S/C11H22O/c1-4-5-6-11(12)8-7-10(2,3)9-11/h12H,4-9H2,1-3H3. The summed E-state index contributed by atoms with van der Waals surface area (Å²) in [6, 6.07) is 0. The summed E-state index contributed by atoms with van der Waals surface area (Å²) in [5, 5.41) is 10.2. The topological polar surface area (TPSA) is 20.2 Å². The predicted molar refractivity (Wildman–Crippen MR) is 52.1 cm³/mol. The van der Waals surface area contributed by atoms with E-state index in [9.17, 15) is 5.11 Å². The van der Waals surface area contributed by atoms with Crippen LogP contribution in [-0.2, 0) is 0 Å². The van der Waals surface area contributed by atoms with Crippen molar-refractivity contribution in [2.45, 2.75) is 64.9 Å². The Morgan fingerprint density at radius 3 is 2.33 bits per heavy atom. The average molecular weight is 170 g/mol. The van der Waals surface area contributed by atoms with Gasteiger partial charge in [0.2, 0.25) is 0 Å². The van der Waals surface area contributed by atoms with E-state index in [0.29, 0.717) is 5.41 Å². The minimum Gasteiger partial charge on any atom is -0.390 e. The number of aliphatic hydroxyl groups is 1. The van der Waals surface area contributed by atoms with Crippen molar-refractivity contribution in [3.63, 3.8) is 0 Å². The number of unbranched alkanes of at least 4 members (excludes halogenated alkanes) is 1. The molecule has 1 saturated carbocycles. The molecule has 0 bridgehead atoms. The Hall–Kier alpha value is -0.0400. The van der Waals surface area contributed by atoms with Gasteiger partial charge in [-0.25, -0.2) is 0 Å². The van der Waals surface area contributed by atoms with Gasteiger partial charge in [-0.2, -0.15) is 0 Å². The second-order valence-electron chi connectivity index (χ2n) is 5.17. The van der Waals surface area contributed by atoms with Gasteiger partial charge in [-0.3, -0.25) is 0 Å². The van der Waals surface area contributed by atoms with Crippen LogP contribution in [0.3, 0.4) is 0 Å². The van der Waals surface area contributed by atoms with E-state index in [0.717, 1.165) is 19.3 Å². The van der Waals surface area contributed by atoms with Crippen LogP contribution in [0.2, 0.25) is 0 Å². The van der Waals surface area contributed by atoms with Crippen LogP contribution in [0.25, 0.3) is 0 Å². The van der Waals surface area contributed by atoms with E-state index in [1.54, 1.807) is 0 Å². The van der Waals surface area contributed by atoms with Crippen LogP contribution in [0.15, 0.2) is 0 Å². The van der Waals surface area contributed by atoms with Crippen LogP contribution < -0.4 is 0 Å². The summed E-state index contributed by atoms with van der Waals surface area (Å²) in [5.74, 6) is 0. The maximum Gasteiger partial charge on any atom is 0.0653 e. The molecule has 0 aromatic carbocycles. The van der Waals surface area contributed by atoms with Crippen molar-refractivity contribution in [3.8, 4) is 0 Å². The minimum atomic E-state index is -0.320. The Labute approximate surface area is 76.2 Å². The lowest BCUT2D eigenvalue weighted by Gasteiger charge is -2.24. The van der Waals surface area contributed by atoms with Gasteiger partial charge in [-0.1, -0.05) is 33.6 Å². The third-order valence-corrected chi connectivity index (χ3v) is 3.07. The molecule has 1 aliphatic rings. The van der Waals surface area contributed by atoms with Crippen molar-refractivity contribution in [1.29, 1.82) is 0 Å². The van der Waals surface area contributed by atoms with Gasteiger partial charge in [0.15, 0.2) is 0 Å². The van der Waals surface area contributed by atoms with Gasteiger partial charge in [0.05, 0.1) is 5.60 Å². The predicted octanol–water partition coefficient (Wildman–Crippen LogP) is 3.12. The molecule has 1 atom stereocenters. The molecule has 1 unspecified atom stereocenters. The van der Waals surface area contributed by atoms with Gasteiger partial charge >= 0.3 is 0 Å². The zero-order chi connectivity index (χ0) is 9.24. The third-order valence-electron chi connectivity index (χ3n) is 3.07. The second-order valence-corrected chi connectivity index (χ2v) is 5.17. The Bertz CT molecular complexity index is 151. The quantitative estimate of drug-likeness (QED) is 0.690. The molecule has 1 nitrogen and oxygen atoms in total. The van der Waals surface area contributed by atoms with Crippen molar-refractivity contribution in [1.82, 2.24) is 0 Å². The average Bonchev–Trinajstić information content (AvgIpc) is 2.23. The summed E-state index contributed by atoms with van der Waals surface area (Å²) in [7, 11) is 0. The first-order valence-electron chi connectivity index (χ1n) is 5.20. The summed E-state index contributed by atoms with van der Waals surface area (Å²) < 4.78 is 0. The van der Waals surface area contributed by atoms with Crippen LogP contribution in [-0.4, -0.2) is 10.7 Å². The first-order valence-corrected chi connectivity index (χ1v) is 5.20. The van der Waals surface area contributed by atoms with Gasteiger partial charge < -0.3 is 5.11 Å². The lowest BCUT2D eigenvalue weighted by molar-refractivity contribution is 0.0268. The minimum absolute atomic E-state index is 0.320. The van der Waals surface area contributed by atoms with E-state index in [1.807, 2.05) is 0 Å². The van der Waals surface area contributed by atoms with E-state index in [-0.39, 0.29) is 5.60 Å². The summed E-state index contributed by atoms with van der Waals surface area (Å²) in [5.41, 5.74) is 0.0575. The molecule has 12 heavy (non-hydrogen) atoms. The Balaban J connectivity index is 2.41. The summed E-state index contributed by atoms with van der Waals surface area (Å²) in [6.45, 7) is 6.71. The Morgan fingerprint density at radius 1 is 1.25 bits per heavy atom. The van der Waals surface area contributed by atoms with Crippen molar-refractivity contribution in [2.75, 3.05) is 0 Å². The fraction of sp³-hybridized carbons (Fsp3) is 1.00. The van der Waals surface area contributed by atoms with E-state index >= 15 is 0 Å². The third kappa shape index (κ3) is 2.48. The van der Waals surface area contributed by atoms with Crippen LogP contribution >= 0.6 is 0 Å². The largest absolute Gasteiger partial charge is 0.390 e. The van der Waals surface area contributed by atoms with E-state index in [4.69, 9.17) is 0 Å². The molecule has 0 aromatic heterocycles. The maximum atomic E-state index is 10.2. The second kappa shape index (κ2) is 3.37. The van der Waals surface area contributed by atoms with Crippen molar-refractivity contribution < 1.29 is 5.11 Å².